The minimum atomic E-state index is -0.00178. The van der Waals surface area contributed by atoms with Crippen LogP contribution in [-0.4, -0.2) is 14.8 Å². The van der Waals surface area contributed by atoms with Crippen molar-refractivity contribution in [3.63, 3.8) is 0 Å². The predicted molar refractivity (Wildman–Crippen MR) is 56.8 cm³/mol. The summed E-state index contributed by atoms with van der Waals surface area (Å²) in [4.78, 5) is 11.6. The van der Waals surface area contributed by atoms with E-state index in [0.29, 0.717) is 6.04 Å². The Kier molecular flexibility index (Phi) is 2.15. The molecular formula is C11H17N3O. The molecule has 1 unspecified atom stereocenters. The van der Waals surface area contributed by atoms with Crippen molar-refractivity contribution in [1.29, 1.82) is 0 Å². The van der Waals surface area contributed by atoms with Crippen molar-refractivity contribution in [2.75, 3.05) is 0 Å². The topological polar surface area (TPSA) is 50.7 Å². The molecule has 15 heavy (non-hydrogen) atoms. The molecule has 0 amide bonds. The van der Waals surface area contributed by atoms with E-state index in [4.69, 9.17) is 0 Å². The van der Waals surface area contributed by atoms with Crippen LogP contribution in [0.3, 0.4) is 0 Å². The molecular weight excluding hydrogens is 190 g/mol. The van der Waals surface area contributed by atoms with Crippen LogP contribution in [0.5, 0.6) is 0 Å². The van der Waals surface area contributed by atoms with E-state index < -0.39 is 0 Å². The molecule has 1 saturated carbocycles. The first-order valence-corrected chi connectivity index (χ1v) is 6.02. The van der Waals surface area contributed by atoms with Gasteiger partial charge in [-0.25, -0.2) is 9.89 Å². The summed E-state index contributed by atoms with van der Waals surface area (Å²) in [6, 6.07) is 0.437. The van der Waals surface area contributed by atoms with Gasteiger partial charge in [-0.1, -0.05) is 19.3 Å². The summed E-state index contributed by atoms with van der Waals surface area (Å²) in [5, 5.41) is 6.63. The molecule has 0 saturated heterocycles. The Balaban J connectivity index is 1.88. The second-order valence-electron chi connectivity index (χ2n) is 4.82. The molecule has 4 nitrogen and oxygen atoms in total. The second kappa shape index (κ2) is 3.51. The lowest BCUT2D eigenvalue weighted by molar-refractivity contribution is 0.252. The molecule has 1 aromatic heterocycles. The minimum absolute atomic E-state index is 0.00178. The Morgan fingerprint density at radius 1 is 1.20 bits per heavy atom. The van der Waals surface area contributed by atoms with Crippen LogP contribution in [0.25, 0.3) is 0 Å². The molecule has 1 atom stereocenters. The first-order valence-electron chi connectivity index (χ1n) is 6.02. The van der Waals surface area contributed by atoms with Crippen molar-refractivity contribution in [1.82, 2.24) is 14.8 Å². The van der Waals surface area contributed by atoms with Crippen molar-refractivity contribution >= 4 is 0 Å². The Hall–Kier alpha value is -1.06. The summed E-state index contributed by atoms with van der Waals surface area (Å²) in [5.41, 5.74) is -0.00178. The van der Waals surface area contributed by atoms with Crippen LogP contribution < -0.4 is 5.69 Å². The van der Waals surface area contributed by atoms with Gasteiger partial charge in [0.1, 0.15) is 5.82 Å². The van der Waals surface area contributed by atoms with Gasteiger partial charge < -0.3 is 0 Å². The third-order valence-electron chi connectivity index (χ3n) is 3.97. The Morgan fingerprint density at radius 2 is 2.00 bits per heavy atom. The molecule has 0 spiro atoms. The van der Waals surface area contributed by atoms with Crippen LogP contribution in [0.2, 0.25) is 0 Å². The third-order valence-corrected chi connectivity index (χ3v) is 3.97. The van der Waals surface area contributed by atoms with Crippen molar-refractivity contribution in [3.05, 3.63) is 16.3 Å². The summed E-state index contributed by atoms with van der Waals surface area (Å²) in [5.74, 6) is 1.69. The van der Waals surface area contributed by atoms with Crippen LogP contribution >= 0.6 is 0 Å². The average molecular weight is 207 g/mol. The molecule has 1 aliphatic heterocycles. The van der Waals surface area contributed by atoms with Gasteiger partial charge in [-0.3, -0.25) is 4.57 Å². The third kappa shape index (κ3) is 1.43. The second-order valence-corrected chi connectivity index (χ2v) is 4.82. The van der Waals surface area contributed by atoms with Gasteiger partial charge in [0.05, 0.1) is 0 Å². The number of aromatic amines is 1. The molecule has 82 valence electrons. The summed E-state index contributed by atoms with van der Waals surface area (Å²) in [6.07, 6.45) is 8.73. The number of aromatic nitrogens is 3. The van der Waals surface area contributed by atoms with E-state index in [1.54, 1.807) is 0 Å². The standard InChI is InChI=1S/C11H17N3O/c15-11-13-12-10-7-6-9(14(10)11)8-4-2-1-3-5-8/h8-9H,1-7H2,(H,13,15). The van der Waals surface area contributed by atoms with Crippen LogP contribution in [0.15, 0.2) is 4.79 Å². The Morgan fingerprint density at radius 3 is 2.80 bits per heavy atom. The first kappa shape index (κ1) is 9.19. The van der Waals surface area contributed by atoms with E-state index in [0.717, 1.165) is 24.6 Å². The summed E-state index contributed by atoms with van der Waals surface area (Å²) in [7, 11) is 0. The number of fused-ring (bicyclic) bond motifs is 1. The molecule has 0 radical (unpaired) electrons. The molecule has 0 bridgehead atoms. The summed E-state index contributed by atoms with van der Waals surface area (Å²) < 4.78 is 1.91. The zero-order valence-corrected chi connectivity index (χ0v) is 8.91. The lowest BCUT2D eigenvalue weighted by Crippen LogP contribution is -2.26. The maximum atomic E-state index is 11.6. The van der Waals surface area contributed by atoms with Crippen LogP contribution in [0.1, 0.15) is 50.4 Å². The highest BCUT2D eigenvalue weighted by atomic mass is 16.1. The Labute approximate surface area is 88.7 Å². The van der Waals surface area contributed by atoms with Gasteiger partial charge in [-0.15, -0.1) is 0 Å². The summed E-state index contributed by atoms with van der Waals surface area (Å²) >= 11 is 0. The van der Waals surface area contributed by atoms with Crippen molar-refractivity contribution in [2.45, 2.75) is 51.0 Å². The molecule has 1 aromatic rings. The van der Waals surface area contributed by atoms with E-state index >= 15 is 0 Å². The number of rotatable bonds is 1. The number of hydrogen-bond donors (Lipinski definition) is 1. The molecule has 1 aliphatic carbocycles. The van der Waals surface area contributed by atoms with Gasteiger partial charge >= 0.3 is 5.69 Å². The molecule has 4 heteroatoms. The predicted octanol–water partition coefficient (Wildman–Crippen LogP) is 1.64. The van der Waals surface area contributed by atoms with Crippen LogP contribution in [0.4, 0.5) is 0 Å². The summed E-state index contributed by atoms with van der Waals surface area (Å²) in [6.45, 7) is 0. The molecule has 2 heterocycles. The van der Waals surface area contributed by atoms with Crippen LogP contribution in [-0.2, 0) is 6.42 Å². The lowest BCUT2D eigenvalue weighted by Gasteiger charge is -2.27. The highest BCUT2D eigenvalue weighted by molar-refractivity contribution is 4.99. The van der Waals surface area contributed by atoms with Crippen molar-refractivity contribution in [3.8, 4) is 0 Å². The van der Waals surface area contributed by atoms with Gasteiger partial charge in [0.15, 0.2) is 0 Å². The Bertz CT molecular complexity index is 400. The van der Waals surface area contributed by atoms with Crippen molar-refractivity contribution in [2.24, 2.45) is 5.92 Å². The fraction of sp³-hybridized carbons (Fsp3) is 0.818. The van der Waals surface area contributed by atoms with Gasteiger partial charge in [-0.05, 0) is 25.2 Å². The zero-order valence-electron chi connectivity index (χ0n) is 8.91. The quantitative estimate of drug-likeness (QED) is 0.761. The number of nitrogens with zero attached hydrogens (tertiary/aromatic N) is 2. The fourth-order valence-electron chi connectivity index (χ4n) is 3.23. The van der Waals surface area contributed by atoms with E-state index in [-0.39, 0.29) is 5.69 Å². The van der Waals surface area contributed by atoms with Gasteiger partial charge in [0.25, 0.3) is 0 Å². The number of H-pyrrole nitrogens is 1. The van der Waals surface area contributed by atoms with Gasteiger partial charge in [0, 0.05) is 12.5 Å². The minimum Gasteiger partial charge on any atom is -0.276 e. The number of hydrogen-bond acceptors (Lipinski definition) is 2. The molecule has 3 rings (SSSR count). The smallest absolute Gasteiger partial charge is 0.276 e. The monoisotopic (exact) mass is 207 g/mol. The lowest BCUT2D eigenvalue weighted by atomic mass is 9.83. The highest BCUT2D eigenvalue weighted by Gasteiger charge is 2.32. The maximum absolute atomic E-state index is 11.6. The maximum Gasteiger partial charge on any atom is 0.343 e. The fourth-order valence-corrected chi connectivity index (χ4v) is 3.23. The van der Waals surface area contributed by atoms with E-state index in [2.05, 4.69) is 10.2 Å². The number of aryl methyl sites for hydroxylation is 1. The first-order chi connectivity index (χ1) is 7.36. The normalized spacial score (nSPS) is 26.8. The highest BCUT2D eigenvalue weighted by Crippen LogP contribution is 2.37. The van der Waals surface area contributed by atoms with Crippen molar-refractivity contribution < 1.29 is 0 Å². The SMILES string of the molecule is O=c1[nH]nc2n1C(C1CCCCC1)CC2. The van der Waals surface area contributed by atoms with E-state index in [1.807, 2.05) is 4.57 Å². The van der Waals surface area contributed by atoms with Crippen LogP contribution in [0, 0.1) is 5.92 Å². The molecule has 1 N–H and O–H groups in total. The largest absolute Gasteiger partial charge is 0.343 e. The van der Waals surface area contributed by atoms with Gasteiger partial charge in [0.2, 0.25) is 0 Å². The average Bonchev–Trinajstić information content (AvgIpc) is 2.84. The van der Waals surface area contributed by atoms with Gasteiger partial charge in [-0.2, -0.15) is 5.10 Å². The zero-order chi connectivity index (χ0) is 10.3. The number of nitrogens with one attached hydrogen (secondary N) is 1. The van der Waals surface area contributed by atoms with E-state index in [9.17, 15) is 4.79 Å². The molecule has 0 aromatic carbocycles. The molecule has 1 fully saturated rings. The molecule has 2 aliphatic rings. The van der Waals surface area contributed by atoms with E-state index in [1.165, 1.54) is 32.1 Å².